The lowest BCUT2D eigenvalue weighted by molar-refractivity contribution is -0.144. The number of carbonyl (C=O) groups excluding carboxylic acids is 1. The van der Waals surface area contributed by atoms with Gasteiger partial charge in [-0.3, -0.25) is 4.79 Å². The van der Waals surface area contributed by atoms with E-state index in [0.29, 0.717) is 25.9 Å². The van der Waals surface area contributed by atoms with E-state index in [0.717, 1.165) is 12.8 Å². The SMILES string of the molecule is CC(C)(CO)C(=O)N1CCC([C@@H](N)C2CC(Cl)C(Cl)CC2O)CC1. The second-order valence-electron chi connectivity index (χ2n) is 7.98. The highest BCUT2D eigenvalue weighted by Crippen LogP contribution is 2.37. The summed E-state index contributed by atoms with van der Waals surface area (Å²) in [5.74, 6) is 0.214. The number of nitrogens with two attached hydrogens (primary N) is 1. The van der Waals surface area contributed by atoms with Gasteiger partial charge in [-0.1, -0.05) is 0 Å². The molecule has 2 fully saturated rings. The van der Waals surface area contributed by atoms with Gasteiger partial charge in [-0.25, -0.2) is 0 Å². The molecule has 24 heavy (non-hydrogen) atoms. The zero-order valence-electron chi connectivity index (χ0n) is 14.5. The molecule has 1 heterocycles. The highest BCUT2D eigenvalue weighted by atomic mass is 35.5. The van der Waals surface area contributed by atoms with E-state index in [1.807, 2.05) is 4.90 Å². The minimum absolute atomic E-state index is 0.0134. The summed E-state index contributed by atoms with van der Waals surface area (Å²) in [5.41, 5.74) is 5.71. The number of carbonyl (C=O) groups is 1. The first kappa shape index (κ1) is 20.2. The minimum atomic E-state index is -0.740. The second kappa shape index (κ2) is 8.09. The third-order valence-corrected chi connectivity index (χ3v) is 6.78. The first-order valence-electron chi connectivity index (χ1n) is 8.79. The number of hydrogen-bond acceptors (Lipinski definition) is 4. The average Bonchev–Trinajstić information content (AvgIpc) is 2.57. The summed E-state index contributed by atoms with van der Waals surface area (Å²) in [6.07, 6.45) is 2.24. The Labute approximate surface area is 154 Å². The number of aliphatic hydroxyl groups is 2. The van der Waals surface area contributed by atoms with Crippen LogP contribution in [0.5, 0.6) is 0 Å². The van der Waals surface area contributed by atoms with Crippen LogP contribution in [0.15, 0.2) is 0 Å². The topological polar surface area (TPSA) is 86.8 Å². The Balaban J connectivity index is 1.91. The van der Waals surface area contributed by atoms with Crippen molar-refractivity contribution in [1.29, 1.82) is 0 Å². The molecular formula is C17H30Cl2N2O3. The molecule has 2 aliphatic rings. The van der Waals surface area contributed by atoms with Crippen LogP contribution in [0.25, 0.3) is 0 Å². The van der Waals surface area contributed by atoms with Gasteiger partial charge in [-0.05, 0) is 45.4 Å². The van der Waals surface area contributed by atoms with E-state index in [-0.39, 0.29) is 41.1 Å². The summed E-state index contributed by atoms with van der Waals surface area (Å²) in [6.45, 7) is 4.65. The zero-order chi connectivity index (χ0) is 18.1. The van der Waals surface area contributed by atoms with E-state index in [1.54, 1.807) is 13.8 Å². The number of alkyl halides is 2. The van der Waals surface area contributed by atoms with Gasteiger partial charge >= 0.3 is 0 Å². The smallest absolute Gasteiger partial charge is 0.230 e. The summed E-state index contributed by atoms with van der Waals surface area (Å²) >= 11 is 12.4. The number of nitrogens with zero attached hydrogens (tertiary/aromatic N) is 1. The van der Waals surface area contributed by atoms with Crippen molar-refractivity contribution in [2.24, 2.45) is 23.0 Å². The van der Waals surface area contributed by atoms with Gasteiger partial charge in [-0.15, -0.1) is 23.2 Å². The lowest BCUT2D eigenvalue weighted by Gasteiger charge is -2.43. The lowest BCUT2D eigenvalue weighted by Crippen LogP contribution is -2.53. The van der Waals surface area contributed by atoms with Crippen LogP contribution in [0.2, 0.25) is 0 Å². The van der Waals surface area contributed by atoms with Gasteiger partial charge in [0.1, 0.15) is 0 Å². The van der Waals surface area contributed by atoms with Gasteiger partial charge in [0.15, 0.2) is 0 Å². The molecule has 0 spiro atoms. The number of halogens is 2. The van der Waals surface area contributed by atoms with Crippen molar-refractivity contribution in [2.45, 2.75) is 62.4 Å². The van der Waals surface area contributed by atoms with Crippen LogP contribution in [0.1, 0.15) is 39.5 Å². The maximum Gasteiger partial charge on any atom is 0.230 e. The lowest BCUT2D eigenvalue weighted by atomic mass is 9.74. The van der Waals surface area contributed by atoms with Crippen LogP contribution in [0.3, 0.4) is 0 Å². The number of amides is 1. The van der Waals surface area contributed by atoms with E-state index in [1.165, 1.54) is 0 Å². The molecule has 0 aromatic rings. The maximum atomic E-state index is 12.4. The molecule has 0 bridgehead atoms. The van der Waals surface area contributed by atoms with E-state index >= 15 is 0 Å². The fourth-order valence-electron chi connectivity index (χ4n) is 3.86. The van der Waals surface area contributed by atoms with Crippen LogP contribution in [0, 0.1) is 17.3 Å². The molecule has 140 valence electrons. The number of piperidine rings is 1. The Morgan fingerprint density at radius 3 is 2.33 bits per heavy atom. The molecule has 0 radical (unpaired) electrons. The molecule has 1 amide bonds. The fraction of sp³-hybridized carbons (Fsp3) is 0.941. The summed E-state index contributed by atoms with van der Waals surface area (Å²) in [6, 6.07) is -0.131. The van der Waals surface area contributed by atoms with Crippen molar-refractivity contribution >= 4 is 29.1 Å². The molecule has 1 aliphatic heterocycles. The standard InChI is InChI=1S/C17H30Cl2N2O3/c1-17(2,9-22)16(24)21-5-3-10(4-6-21)15(20)11-7-12(18)13(19)8-14(11)23/h10-15,22-23H,3-9,20H2,1-2H3/t11?,12?,13?,14?,15-/m1/s1. The van der Waals surface area contributed by atoms with Gasteiger partial charge < -0.3 is 20.8 Å². The summed E-state index contributed by atoms with van der Waals surface area (Å²) in [5, 5.41) is 19.3. The van der Waals surface area contributed by atoms with Gasteiger partial charge in [0.25, 0.3) is 0 Å². The molecule has 0 aromatic carbocycles. The van der Waals surface area contributed by atoms with Gasteiger partial charge in [0.05, 0.1) is 28.9 Å². The quantitative estimate of drug-likeness (QED) is 0.645. The Bertz CT molecular complexity index is 442. The largest absolute Gasteiger partial charge is 0.395 e. The minimum Gasteiger partial charge on any atom is -0.395 e. The molecule has 1 saturated heterocycles. The van der Waals surface area contributed by atoms with E-state index in [2.05, 4.69) is 0 Å². The highest BCUT2D eigenvalue weighted by Gasteiger charge is 2.41. The second-order valence-corrected chi connectivity index (χ2v) is 9.10. The Hall–Kier alpha value is -0.0700. The van der Waals surface area contributed by atoms with E-state index in [9.17, 15) is 15.0 Å². The predicted octanol–water partition coefficient (Wildman–Crippen LogP) is 1.56. The number of rotatable bonds is 4. The molecule has 2 rings (SSSR count). The van der Waals surface area contributed by atoms with Crippen molar-refractivity contribution in [1.82, 2.24) is 4.90 Å². The average molecular weight is 381 g/mol. The molecule has 4 unspecified atom stereocenters. The Morgan fingerprint density at radius 2 is 1.79 bits per heavy atom. The van der Waals surface area contributed by atoms with Gasteiger partial charge in [0, 0.05) is 25.0 Å². The monoisotopic (exact) mass is 380 g/mol. The third kappa shape index (κ3) is 4.36. The third-order valence-electron chi connectivity index (χ3n) is 5.69. The maximum absolute atomic E-state index is 12.4. The molecule has 5 nitrogen and oxygen atoms in total. The van der Waals surface area contributed by atoms with Crippen LogP contribution in [-0.4, -0.2) is 63.6 Å². The van der Waals surface area contributed by atoms with E-state index < -0.39 is 11.5 Å². The van der Waals surface area contributed by atoms with E-state index in [4.69, 9.17) is 28.9 Å². The fourth-order valence-corrected chi connectivity index (χ4v) is 4.46. The predicted molar refractivity (Wildman–Crippen MR) is 96.2 cm³/mol. The normalized spacial score (nSPS) is 34.2. The van der Waals surface area contributed by atoms with Crippen molar-refractivity contribution < 1.29 is 15.0 Å². The number of hydrogen-bond donors (Lipinski definition) is 3. The molecule has 1 aliphatic carbocycles. The Kier molecular flexibility index (Phi) is 6.82. The first-order chi connectivity index (χ1) is 11.2. The number of likely N-dealkylation sites (tertiary alicyclic amines) is 1. The van der Waals surface area contributed by atoms with Crippen molar-refractivity contribution in [3.63, 3.8) is 0 Å². The molecule has 0 aromatic heterocycles. The van der Waals surface area contributed by atoms with Crippen LogP contribution in [0.4, 0.5) is 0 Å². The highest BCUT2D eigenvalue weighted by molar-refractivity contribution is 6.30. The van der Waals surface area contributed by atoms with Crippen molar-refractivity contribution in [3.05, 3.63) is 0 Å². The Morgan fingerprint density at radius 1 is 1.25 bits per heavy atom. The molecule has 4 N–H and O–H groups in total. The van der Waals surface area contributed by atoms with Crippen LogP contribution < -0.4 is 5.73 Å². The molecule has 5 atom stereocenters. The molecule has 7 heteroatoms. The van der Waals surface area contributed by atoms with Crippen molar-refractivity contribution in [3.8, 4) is 0 Å². The first-order valence-corrected chi connectivity index (χ1v) is 9.66. The van der Waals surface area contributed by atoms with Crippen molar-refractivity contribution in [2.75, 3.05) is 19.7 Å². The molecule has 1 saturated carbocycles. The van der Waals surface area contributed by atoms with Crippen LogP contribution in [-0.2, 0) is 4.79 Å². The van der Waals surface area contributed by atoms with Gasteiger partial charge in [0.2, 0.25) is 5.91 Å². The van der Waals surface area contributed by atoms with Gasteiger partial charge in [-0.2, -0.15) is 0 Å². The molecular weight excluding hydrogens is 351 g/mol. The summed E-state index contributed by atoms with van der Waals surface area (Å²) < 4.78 is 0. The summed E-state index contributed by atoms with van der Waals surface area (Å²) in [7, 11) is 0. The van der Waals surface area contributed by atoms with Crippen LogP contribution >= 0.6 is 23.2 Å². The summed E-state index contributed by atoms with van der Waals surface area (Å²) in [4.78, 5) is 14.2. The number of aliphatic hydroxyl groups excluding tert-OH is 2. The zero-order valence-corrected chi connectivity index (χ0v) is 16.0.